The van der Waals surface area contributed by atoms with Gasteiger partial charge in [0.1, 0.15) is 0 Å². The zero-order valence-electron chi connectivity index (χ0n) is 10.1. The summed E-state index contributed by atoms with van der Waals surface area (Å²) < 4.78 is 39.7. The fraction of sp³-hybridized carbons (Fsp3) is 0.167. The molecule has 2 rings (SSSR count). The van der Waals surface area contributed by atoms with Crippen LogP contribution in [0.15, 0.2) is 30.6 Å². The maximum absolute atomic E-state index is 12.8. The minimum atomic E-state index is -4.59. The Labute approximate surface area is 111 Å². The molecule has 0 radical (unpaired) electrons. The zero-order valence-corrected chi connectivity index (χ0v) is 10.1. The number of aliphatic hydroxyl groups excluding tert-OH is 1. The second kappa shape index (κ2) is 4.97. The van der Waals surface area contributed by atoms with Crippen LogP contribution in [0.2, 0.25) is 0 Å². The molecule has 8 heteroatoms. The monoisotopic (exact) mass is 285 g/mol. The maximum atomic E-state index is 12.8. The molecule has 0 aliphatic heterocycles. The van der Waals surface area contributed by atoms with E-state index in [1.165, 1.54) is 12.3 Å². The van der Waals surface area contributed by atoms with Crippen molar-refractivity contribution in [2.45, 2.75) is 12.8 Å². The molecule has 0 unspecified atom stereocenters. The number of carbonyl (C=O) groups is 1. The number of hydrogen-bond acceptors (Lipinski definition) is 3. The van der Waals surface area contributed by atoms with Crippen LogP contribution in [-0.4, -0.2) is 20.8 Å². The van der Waals surface area contributed by atoms with Gasteiger partial charge in [-0.15, -0.1) is 0 Å². The first-order valence-corrected chi connectivity index (χ1v) is 5.48. The Morgan fingerprint density at radius 3 is 2.60 bits per heavy atom. The molecular formula is C12H10F3N3O2. The number of alkyl halides is 3. The molecule has 0 spiro atoms. The van der Waals surface area contributed by atoms with Crippen molar-refractivity contribution in [3.63, 3.8) is 0 Å². The van der Waals surface area contributed by atoms with Crippen LogP contribution < -0.4 is 5.73 Å². The molecule has 1 heterocycles. The molecule has 1 aromatic carbocycles. The van der Waals surface area contributed by atoms with E-state index in [9.17, 15) is 18.0 Å². The van der Waals surface area contributed by atoms with Gasteiger partial charge in [-0.2, -0.15) is 18.3 Å². The molecular weight excluding hydrogens is 275 g/mol. The van der Waals surface area contributed by atoms with Gasteiger partial charge in [-0.05, 0) is 17.7 Å². The number of rotatable bonds is 3. The van der Waals surface area contributed by atoms with Gasteiger partial charge in [0.25, 0.3) is 5.91 Å². The van der Waals surface area contributed by atoms with Crippen LogP contribution >= 0.6 is 0 Å². The molecule has 106 valence electrons. The highest BCUT2D eigenvalue weighted by atomic mass is 19.4. The van der Waals surface area contributed by atoms with E-state index < -0.39 is 24.3 Å². The summed E-state index contributed by atoms with van der Waals surface area (Å²) >= 11 is 0. The zero-order chi connectivity index (χ0) is 14.9. The number of nitrogens with two attached hydrogens (primary N) is 1. The Kier molecular flexibility index (Phi) is 3.49. The highest BCUT2D eigenvalue weighted by Crippen LogP contribution is 2.33. The molecule has 1 amide bonds. The summed E-state index contributed by atoms with van der Waals surface area (Å²) in [7, 11) is 0. The summed E-state index contributed by atoms with van der Waals surface area (Å²) in [5, 5.41) is 12.7. The van der Waals surface area contributed by atoms with Gasteiger partial charge in [0.05, 0.1) is 29.6 Å². The summed E-state index contributed by atoms with van der Waals surface area (Å²) in [6.45, 7) is -0.721. The number of amides is 1. The van der Waals surface area contributed by atoms with Crippen molar-refractivity contribution in [3.8, 4) is 5.69 Å². The molecule has 0 atom stereocenters. The van der Waals surface area contributed by atoms with Gasteiger partial charge in [0.2, 0.25) is 0 Å². The van der Waals surface area contributed by atoms with E-state index in [4.69, 9.17) is 10.8 Å². The number of primary amides is 1. The average Bonchev–Trinajstić information content (AvgIpc) is 2.86. The van der Waals surface area contributed by atoms with Gasteiger partial charge in [0.15, 0.2) is 0 Å². The number of halogens is 3. The van der Waals surface area contributed by atoms with Gasteiger partial charge in [0, 0.05) is 6.20 Å². The van der Waals surface area contributed by atoms with Gasteiger partial charge in [-0.1, -0.05) is 6.07 Å². The molecule has 2 aromatic rings. The number of hydrogen-bond donors (Lipinski definition) is 2. The molecule has 20 heavy (non-hydrogen) atoms. The first kappa shape index (κ1) is 14.1. The lowest BCUT2D eigenvalue weighted by atomic mass is 10.1. The second-order valence-corrected chi connectivity index (χ2v) is 4.04. The fourth-order valence-corrected chi connectivity index (χ4v) is 1.70. The summed E-state index contributed by atoms with van der Waals surface area (Å²) in [4.78, 5) is 10.9. The van der Waals surface area contributed by atoms with Crippen LogP contribution in [0, 0.1) is 0 Å². The lowest BCUT2D eigenvalue weighted by molar-refractivity contribution is -0.138. The Hall–Kier alpha value is -2.35. The standard InChI is InChI=1S/C12H10F3N3O2/c13-12(14,15)10-3-9(2-1-7(10)6-19)18-5-8(4-17-18)11(16)20/h1-5,19H,6H2,(H2,16,20). The van der Waals surface area contributed by atoms with E-state index in [1.54, 1.807) is 0 Å². The molecule has 0 saturated carbocycles. The third-order valence-electron chi connectivity index (χ3n) is 2.70. The lowest BCUT2D eigenvalue weighted by Gasteiger charge is -2.13. The molecule has 0 saturated heterocycles. The maximum Gasteiger partial charge on any atom is 0.416 e. The quantitative estimate of drug-likeness (QED) is 0.896. The van der Waals surface area contributed by atoms with Crippen LogP contribution in [-0.2, 0) is 12.8 Å². The second-order valence-electron chi connectivity index (χ2n) is 4.04. The van der Waals surface area contributed by atoms with Crippen LogP contribution in [0.4, 0.5) is 13.2 Å². The lowest BCUT2D eigenvalue weighted by Crippen LogP contribution is -2.11. The first-order valence-electron chi connectivity index (χ1n) is 5.48. The minimum absolute atomic E-state index is 0.0878. The largest absolute Gasteiger partial charge is 0.416 e. The van der Waals surface area contributed by atoms with E-state index >= 15 is 0 Å². The van der Waals surface area contributed by atoms with Gasteiger partial charge in [-0.25, -0.2) is 4.68 Å². The Morgan fingerprint density at radius 1 is 1.40 bits per heavy atom. The van der Waals surface area contributed by atoms with Gasteiger partial charge >= 0.3 is 6.18 Å². The van der Waals surface area contributed by atoms with Crippen molar-refractivity contribution in [2.75, 3.05) is 0 Å². The van der Waals surface area contributed by atoms with E-state index in [1.807, 2.05) is 0 Å². The van der Waals surface area contributed by atoms with Crippen molar-refractivity contribution in [1.82, 2.24) is 9.78 Å². The van der Waals surface area contributed by atoms with Crippen LogP contribution in [0.5, 0.6) is 0 Å². The molecule has 0 bridgehead atoms. The van der Waals surface area contributed by atoms with E-state index in [0.717, 1.165) is 23.0 Å². The molecule has 5 nitrogen and oxygen atoms in total. The Bertz CT molecular complexity index is 650. The van der Waals surface area contributed by atoms with Crippen molar-refractivity contribution >= 4 is 5.91 Å². The van der Waals surface area contributed by atoms with Gasteiger partial charge in [-0.3, -0.25) is 4.79 Å². The highest BCUT2D eigenvalue weighted by Gasteiger charge is 2.33. The minimum Gasteiger partial charge on any atom is -0.392 e. The molecule has 1 aromatic heterocycles. The predicted octanol–water partition coefficient (Wildman–Crippen LogP) is 1.48. The molecule has 0 aliphatic rings. The Balaban J connectivity index is 2.50. The van der Waals surface area contributed by atoms with Crippen molar-refractivity contribution in [2.24, 2.45) is 5.73 Å². The smallest absolute Gasteiger partial charge is 0.392 e. The van der Waals surface area contributed by atoms with Crippen LogP contribution in [0.25, 0.3) is 5.69 Å². The van der Waals surface area contributed by atoms with Crippen molar-refractivity contribution in [1.29, 1.82) is 0 Å². The number of carbonyl (C=O) groups excluding carboxylic acids is 1. The summed E-state index contributed by atoms with van der Waals surface area (Å²) in [5.41, 5.74) is 4.06. The van der Waals surface area contributed by atoms with Gasteiger partial charge < -0.3 is 10.8 Å². The Morgan fingerprint density at radius 2 is 2.10 bits per heavy atom. The highest BCUT2D eigenvalue weighted by molar-refractivity contribution is 5.92. The van der Waals surface area contributed by atoms with E-state index in [-0.39, 0.29) is 16.8 Å². The third kappa shape index (κ3) is 2.64. The van der Waals surface area contributed by atoms with Crippen LogP contribution in [0.1, 0.15) is 21.5 Å². The first-order chi connectivity index (χ1) is 9.32. The molecule has 0 aliphatic carbocycles. The summed E-state index contributed by atoms with van der Waals surface area (Å²) in [5.74, 6) is -0.723. The SMILES string of the molecule is NC(=O)c1cnn(-c2ccc(CO)c(C(F)(F)F)c2)c1. The number of benzene rings is 1. The predicted molar refractivity (Wildman–Crippen MR) is 63.0 cm³/mol. The summed E-state index contributed by atoms with van der Waals surface area (Å²) in [6, 6.07) is 3.37. The fourth-order valence-electron chi connectivity index (χ4n) is 1.70. The number of aromatic nitrogens is 2. The third-order valence-corrected chi connectivity index (χ3v) is 2.70. The van der Waals surface area contributed by atoms with Crippen molar-refractivity contribution < 1.29 is 23.1 Å². The topological polar surface area (TPSA) is 81.1 Å². The van der Waals surface area contributed by atoms with Crippen LogP contribution in [0.3, 0.4) is 0 Å². The summed E-state index contributed by atoms with van der Waals surface area (Å²) in [6.07, 6.45) is -2.19. The van der Waals surface area contributed by atoms with E-state index in [2.05, 4.69) is 5.10 Å². The number of aliphatic hydroxyl groups is 1. The molecule has 0 fully saturated rings. The molecule has 3 N–H and O–H groups in total. The average molecular weight is 285 g/mol. The van der Waals surface area contributed by atoms with Crippen molar-refractivity contribution in [3.05, 3.63) is 47.3 Å². The number of nitrogens with zero attached hydrogens (tertiary/aromatic N) is 2. The van der Waals surface area contributed by atoms with E-state index in [0.29, 0.717) is 0 Å². The normalized spacial score (nSPS) is 11.6.